The molecule has 2 aromatic rings. The molecule has 2 heterocycles. The zero-order valence-corrected chi connectivity index (χ0v) is 13.3. The summed E-state index contributed by atoms with van der Waals surface area (Å²) in [6.07, 6.45) is 5.21. The molecular weight excluding hydrogens is 329 g/mol. The number of nitriles is 1. The molecule has 1 aliphatic rings. The summed E-state index contributed by atoms with van der Waals surface area (Å²) in [5.41, 5.74) is -0.195. The third-order valence-electron chi connectivity index (χ3n) is 3.33. The number of hydrogen-bond acceptors (Lipinski definition) is 6. The Morgan fingerprint density at radius 3 is 2.79 bits per heavy atom. The van der Waals surface area contributed by atoms with Gasteiger partial charge in [0.15, 0.2) is 5.01 Å². The fourth-order valence-electron chi connectivity index (χ4n) is 2.22. The van der Waals surface area contributed by atoms with Crippen molar-refractivity contribution in [1.82, 2.24) is 15.5 Å². The number of amides is 1. The van der Waals surface area contributed by atoms with E-state index < -0.39 is 11.6 Å². The summed E-state index contributed by atoms with van der Waals surface area (Å²) < 4.78 is 13.0. The van der Waals surface area contributed by atoms with Gasteiger partial charge in [-0.1, -0.05) is 23.5 Å². The number of nitrogens with zero attached hydrogens (tertiary/aromatic N) is 4. The molecule has 0 bridgehead atoms. The lowest BCUT2D eigenvalue weighted by Gasteiger charge is -2.21. The van der Waals surface area contributed by atoms with E-state index in [2.05, 4.69) is 20.5 Å². The maximum absolute atomic E-state index is 13.0. The highest BCUT2D eigenvalue weighted by molar-refractivity contribution is 7.11. The Bertz CT molecular complexity index is 838. The number of halogens is 1. The number of benzene rings is 1. The van der Waals surface area contributed by atoms with Gasteiger partial charge in [-0.05, 0) is 29.8 Å². The lowest BCUT2D eigenvalue weighted by atomic mass is 10.2. The Labute approximate surface area is 141 Å². The first kappa shape index (κ1) is 16.0. The van der Waals surface area contributed by atoms with Crippen LogP contribution in [0.25, 0.3) is 0 Å². The van der Waals surface area contributed by atoms with Gasteiger partial charge in [-0.15, -0.1) is 10.2 Å². The van der Waals surface area contributed by atoms with E-state index >= 15 is 0 Å². The highest BCUT2D eigenvalue weighted by atomic mass is 32.1. The summed E-state index contributed by atoms with van der Waals surface area (Å²) in [4.78, 5) is 16.1. The molecule has 1 amide bonds. The van der Waals surface area contributed by atoms with Crippen LogP contribution in [0.4, 0.5) is 4.39 Å². The zero-order valence-electron chi connectivity index (χ0n) is 12.4. The summed E-state index contributed by atoms with van der Waals surface area (Å²) in [7, 11) is 0. The van der Waals surface area contributed by atoms with Crippen LogP contribution in [0.15, 0.2) is 41.4 Å². The monoisotopic (exact) mass is 341 g/mol. The maximum atomic E-state index is 13.0. The van der Waals surface area contributed by atoms with Crippen molar-refractivity contribution in [2.75, 3.05) is 0 Å². The Kier molecular flexibility index (Phi) is 4.44. The molecule has 1 aliphatic heterocycles. The van der Waals surface area contributed by atoms with Crippen LogP contribution in [0.2, 0.25) is 0 Å². The second kappa shape index (κ2) is 6.68. The van der Waals surface area contributed by atoms with Crippen molar-refractivity contribution in [3.63, 3.8) is 0 Å². The van der Waals surface area contributed by atoms with E-state index in [1.165, 1.54) is 23.5 Å². The third-order valence-corrected chi connectivity index (χ3v) is 4.38. The maximum Gasteiger partial charge on any atom is 0.236 e. The van der Waals surface area contributed by atoms with E-state index in [4.69, 9.17) is 5.26 Å². The van der Waals surface area contributed by atoms with Gasteiger partial charge in [0.05, 0.1) is 6.07 Å². The molecule has 6 nitrogen and oxygen atoms in total. The van der Waals surface area contributed by atoms with Crippen LogP contribution in [-0.2, 0) is 16.9 Å². The number of rotatable bonds is 5. The summed E-state index contributed by atoms with van der Waals surface area (Å²) >= 11 is 1.31. The average Bonchev–Trinajstić information content (AvgIpc) is 3.20. The van der Waals surface area contributed by atoms with Gasteiger partial charge in [0.25, 0.3) is 0 Å². The molecule has 1 N–H and O–H groups in total. The van der Waals surface area contributed by atoms with E-state index in [9.17, 15) is 9.18 Å². The van der Waals surface area contributed by atoms with Crippen molar-refractivity contribution < 1.29 is 9.18 Å². The number of carbonyl (C=O) groups is 1. The Morgan fingerprint density at radius 2 is 2.12 bits per heavy atom. The number of aromatic nitrogens is 2. The molecule has 24 heavy (non-hydrogen) atoms. The normalized spacial score (nSPS) is 18.5. The van der Waals surface area contributed by atoms with Gasteiger partial charge in [0.2, 0.25) is 11.6 Å². The molecule has 1 aromatic heterocycles. The predicted octanol–water partition coefficient (Wildman–Crippen LogP) is 2.09. The average molecular weight is 341 g/mol. The largest absolute Gasteiger partial charge is 0.322 e. The van der Waals surface area contributed by atoms with Crippen molar-refractivity contribution in [2.45, 2.75) is 18.5 Å². The first-order valence-electron chi connectivity index (χ1n) is 7.09. The lowest BCUT2D eigenvalue weighted by molar-refractivity contribution is -0.121. The van der Waals surface area contributed by atoms with Gasteiger partial charge >= 0.3 is 0 Å². The van der Waals surface area contributed by atoms with Gasteiger partial charge in [0, 0.05) is 12.6 Å². The van der Waals surface area contributed by atoms with Crippen molar-refractivity contribution >= 4 is 23.5 Å². The van der Waals surface area contributed by atoms with Crippen LogP contribution in [0.5, 0.6) is 0 Å². The SMILES string of the molecule is N#CCC(=O)NC1(c2nnc(Cc3ccc(F)cc3)s2)C=CC=N1. The molecule has 0 radical (unpaired) electrons. The second-order valence-corrected chi connectivity index (χ2v) is 6.15. The van der Waals surface area contributed by atoms with Crippen LogP contribution < -0.4 is 5.32 Å². The molecule has 0 saturated carbocycles. The molecule has 3 rings (SSSR count). The third kappa shape index (κ3) is 3.36. The first-order chi connectivity index (χ1) is 11.6. The Balaban J connectivity index is 1.81. The van der Waals surface area contributed by atoms with Crippen molar-refractivity contribution in [2.24, 2.45) is 4.99 Å². The summed E-state index contributed by atoms with van der Waals surface area (Å²) in [5, 5.41) is 20.8. The van der Waals surface area contributed by atoms with Crippen molar-refractivity contribution in [1.29, 1.82) is 5.26 Å². The predicted molar refractivity (Wildman–Crippen MR) is 86.8 cm³/mol. The van der Waals surface area contributed by atoms with Crippen LogP contribution >= 0.6 is 11.3 Å². The number of carbonyl (C=O) groups excluding carboxylic acids is 1. The van der Waals surface area contributed by atoms with Crippen LogP contribution in [0, 0.1) is 17.1 Å². The smallest absolute Gasteiger partial charge is 0.236 e. The molecule has 120 valence electrons. The number of aliphatic imine (C=N–C) groups is 1. The van der Waals surface area contributed by atoms with Gasteiger partial charge < -0.3 is 5.32 Å². The lowest BCUT2D eigenvalue weighted by Crippen LogP contribution is -2.41. The van der Waals surface area contributed by atoms with Gasteiger partial charge in [-0.3, -0.25) is 9.79 Å². The van der Waals surface area contributed by atoms with E-state index in [0.29, 0.717) is 11.4 Å². The minimum atomic E-state index is -1.10. The molecule has 1 unspecified atom stereocenters. The fraction of sp³-hybridized carbons (Fsp3) is 0.188. The van der Waals surface area contributed by atoms with E-state index in [1.807, 2.05) is 0 Å². The minimum absolute atomic E-state index is 0.258. The highest BCUT2D eigenvalue weighted by Crippen LogP contribution is 2.30. The second-order valence-electron chi connectivity index (χ2n) is 5.09. The molecule has 0 saturated heterocycles. The van der Waals surface area contributed by atoms with E-state index in [0.717, 1.165) is 10.6 Å². The molecule has 8 heteroatoms. The molecule has 0 aliphatic carbocycles. The highest BCUT2D eigenvalue weighted by Gasteiger charge is 2.36. The van der Waals surface area contributed by atoms with E-state index in [-0.39, 0.29) is 12.2 Å². The van der Waals surface area contributed by atoms with Crippen molar-refractivity contribution in [3.05, 3.63) is 57.8 Å². The summed E-state index contributed by atoms with van der Waals surface area (Å²) in [6, 6.07) is 7.97. The number of hydrogen-bond donors (Lipinski definition) is 1. The van der Waals surface area contributed by atoms with E-state index in [1.54, 1.807) is 36.6 Å². The molecule has 0 spiro atoms. The zero-order chi connectivity index (χ0) is 17.0. The first-order valence-corrected chi connectivity index (χ1v) is 7.91. The van der Waals surface area contributed by atoms with Crippen molar-refractivity contribution in [3.8, 4) is 6.07 Å². The topological polar surface area (TPSA) is 91.0 Å². The molecular formula is C16H12FN5OS. The molecule has 1 atom stereocenters. The Hall–Kier alpha value is -2.92. The van der Waals surface area contributed by atoms with Crippen LogP contribution in [0.1, 0.15) is 22.0 Å². The quantitative estimate of drug-likeness (QED) is 0.901. The number of allylic oxidation sites excluding steroid dienone is 1. The van der Waals surface area contributed by atoms with Gasteiger partial charge in [-0.2, -0.15) is 5.26 Å². The standard InChI is InChI=1S/C16H12FN5OS/c17-12-4-2-11(3-5-12)10-14-21-22-15(24-14)16(7-1-9-19-16)20-13(23)6-8-18/h1-5,7,9H,6,10H2,(H,20,23). The minimum Gasteiger partial charge on any atom is -0.322 e. The molecule has 1 aromatic carbocycles. The van der Waals surface area contributed by atoms with Crippen LogP contribution in [-0.4, -0.2) is 22.3 Å². The Morgan fingerprint density at radius 1 is 1.33 bits per heavy atom. The number of nitrogens with one attached hydrogen (secondary N) is 1. The van der Waals surface area contributed by atoms with Gasteiger partial charge in [0.1, 0.15) is 17.2 Å². The summed E-state index contributed by atoms with van der Waals surface area (Å²) in [5.74, 6) is -0.724. The fourth-order valence-corrected chi connectivity index (χ4v) is 3.18. The molecule has 0 fully saturated rings. The van der Waals surface area contributed by atoms with Gasteiger partial charge in [-0.25, -0.2) is 4.39 Å². The summed E-state index contributed by atoms with van der Waals surface area (Å²) in [6.45, 7) is 0. The van der Waals surface area contributed by atoms with Crippen LogP contribution in [0.3, 0.4) is 0 Å².